The molecule has 3 nitrogen and oxygen atoms in total. The van der Waals surface area contributed by atoms with E-state index in [0.717, 1.165) is 0 Å². The number of hydrogen-bond acceptors (Lipinski definition) is 3. The number of aliphatic hydroxyl groups is 1. The van der Waals surface area contributed by atoms with Gasteiger partial charge in [-0.05, 0) is 13.0 Å². The average Bonchev–Trinajstić information content (AvgIpc) is 2.20. The van der Waals surface area contributed by atoms with E-state index in [2.05, 4.69) is 0 Å². The Bertz CT molecular complexity index is 326. The third-order valence-corrected chi connectivity index (χ3v) is 2.08. The second kappa shape index (κ2) is 5.94. The lowest BCUT2D eigenvalue weighted by Gasteiger charge is -2.21. The number of benzene rings is 1. The van der Waals surface area contributed by atoms with Gasteiger partial charge in [0.25, 0.3) is 0 Å². The molecular weight excluding hydrogens is 211 g/mol. The van der Waals surface area contributed by atoms with Gasteiger partial charge in [-0.15, -0.1) is 0 Å². The van der Waals surface area contributed by atoms with E-state index in [1.165, 1.54) is 13.2 Å². The zero-order valence-electron chi connectivity index (χ0n) is 9.57. The fourth-order valence-corrected chi connectivity index (χ4v) is 1.35. The van der Waals surface area contributed by atoms with Crippen LogP contribution in [0.4, 0.5) is 4.39 Å². The van der Waals surface area contributed by atoms with Gasteiger partial charge in [0.2, 0.25) is 0 Å². The van der Waals surface area contributed by atoms with Gasteiger partial charge in [-0.2, -0.15) is 0 Å². The van der Waals surface area contributed by atoms with Gasteiger partial charge >= 0.3 is 0 Å². The maximum atomic E-state index is 13.2. The molecule has 0 fully saturated rings. The van der Waals surface area contributed by atoms with Crippen LogP contribution in [0, 0.1) is 5.82 Å². The fourth-order valence-electron chi connectivity index (χ4n) is 1.35. The first kappa shape index (κ1) is 13.1. The molecule has 0 aromatic heterocycles. The smallest absolute Gasteiger partial charge is 0.128 e. The van der Waals surface area contributed by atoms with E-state index in [4.69, 9.17) is 9.47 Å². The first-order valence-corrected chi connectivity index (χ1v) is 5.07. The van der Waals surface area contributed by atoms with Gasteiger partial charge < -0.3 is 14.6 Å². The Hall–Kier alpha value is -0.970. The molecular formula is C12H17FO3. The topological polar surface area (TPSA) is 38.7 Å². The van der Waals surface area contributed by atoms with E-state index in [0.29, 0.717) is 5.56 Å². The van der Waals surface area contributed by atoms with Crippen molar-refractivity contribution in [2.75, 3.05) is 20.3 Å². The summed E-state index contributed by atoms with van der Waals surface area (Å²) in [7, 11) is 1.51. The summed E-state index contributed by atoms with van der Waals surface area (Å²) in [6, 6.07) is 6.40. The van der Waals surface area contributed by atoms with Gasteiger partial charge in [0, 0.05) is 12.7 Å². The number of methoxy groups -OCH3 is 1. The first-order chi connectivity index (χ1) is 7.55. The van der Waals surface area contributed by atoms with Crippen molar-refractivity contribution >= 4 is 0 Å². The highest BCUT2D eigenvalue weighted by atomic mass is 19.1. The summed E-state index contributed by atoms with van der Waals surface area (Å²) in [5, 5.41) is 9.72. The van der Waals surface area contributed by atoms with Crippen molar-refractivity contribution < 1.29 is 19.0 Å². The second-order valence-corrected chi connectivity index (χ2v) is 4.01. The monoisotopic (exact) mass is 228 g/mol. The van der Waals surface area contributed by atoms with Crippen molar-refractivity contribution in [1.29, 1.82) is 0 Å². The van der Waals surface area contributed by atoms with E-state index in [9.17, 15) is 9.50 Å². The van der Waals surface area contributed by atoms with Gasteiger partial charge in [0.1, 0.15) is 11.4 Å². The van der Waals surface area contributed by atoms with Gasteiger partial charge in [-0.25, -0.2) is 4.39 Å². The maximum Gasteiger partial charge on any atom is 0.128 e. The van der Waals surface area contributed by atoms with Crippen LogP contribution in [-0.2, 0) is 16.1 Å². The molecule has 1 unspecified atom stereocenters. The minimum Gasteiger partial charge on any atom is -0.385 e. The third-order valence-electron chi connectivity index (χ3n) is 2.08. The van der Waals surface area contributed by atoms with Crippen LogP contribution in [0.15, 0.2) is 24.3 Å². The molecule has 0 aliphatic carbocycles. The Kier molecular flexibility index (Phi) is 4.86. The highest BCUT2D eigenvalue weighted by Crippen LogP contribution is 2.10. The molecule has 0 aliphatic heterocycles. The Morgan fingerprint density at radius 3 is 2.62 bits per heavy atom. The maximum absolute atomic E-state index is 13.2. The molecule has 0 heterocycles. The lowest BCUT2D eigenvalue weighted by atomic mass is 10.1. The summed E-state index contributed by atoms with van der Waals surface area (Å²) < 4.78 is 23.3. The highest BCUT2D eigenvalue weighted by Gasteiger charge is 2.20. The van der Waals surface area contributed by atoms with Crippen molar-refractivity contribution in [3.63, 3.8) is 0 Å². The minimum atomic E-state index is -1.04. The summed E-state index contributed by atoms with van der Waals surface area (Å²) >= 11 is 0. The Balaban J connectivity index is 2.39. The largest absolute Gasteiger partial charge is 0.385 e. The van der Waals surface area contributed by atoms with Gasteiger partial charge in [0.15, 0.2) is 0 Å². The summed E-state index contributed by atoms with van der Waals surface area (Å²) in [6.45, 7) is 2.05. The minimum absolute atomic E-state index is 0.106. The van der Waals surface area contributed by atoms with Crippen LogP contribution in [0.2, 0.25) is 0 Å². The van der Waals surface area contributed by atoms with E-state index >= 15 is 0 Å². The standard InChI is InChI=1S/C12H17FO3/c1-12(14,8-15-2)9-16-7-10-5-3-4-6-11(10)13/h3-6,14H,7-9H2,1-2H3. The predicted octanol–water partition coefficient (Wildman–Crippen LogP) is 1.74. The lowest BCUT2D eigenvalue weighted by molar-refractivity contribution is -0.0791. The van der Waals surface area contributed by atoms with E-state index in [1.54, 1.807) is 25.1 Å². The molecule has 0 saturated carbocycles. The van der Waals surface area contributed by atoms with Crippen molar-refractivity contribution in [3.8, 4) is 0 Å². The van der Waals surface area contributed by atoms with Crippen molar-refractivity contribution in [1.82, 2.24) is 0 Å². The molecule has 1 aromatic rings. The quantitative estimate of drug-likeness (QED) is 0.806. The lowest BCUT2D eigenvalue weighted by Crippen LogP contribution is -2.35. The Morgan fingerprint density at radius 2 is 2.00 bits per heavy atom. The summed E-state index contributed by atoms with van der Waals surface area (Å²) in [5.41, 5.74) is -0.560. The second-order valence-electron chi connectivity index (χ2n) is 4.01. The zero-order valence-corrected chi connectivity index (χ0v) is 9.57. The molecule has 90 valence electrons. The Labute approximate surface area is 94.8 Å². The predicted molar refractivity (Wildman–Crippen MR) is 58.6 cm³/mol. The number of rotatable bonds is 6. The van der Waals surface area contributed by atoms with Crippen molar-refractivity contribution in [3.05, 3.63) is 35.6 Å². The fraction of sp³-hybridized carbons (Fsp3) is 0.500. The van der Waals surface area contributed by atoms with Crippen LogP contribution in [-0.4, -0.2) is 31.0 Å². The number of ether oxygens (including phenoxy) is 2. The number of hydrogen-bond donors (Lipinski definition) is 1. The molecule has 0 radical (unpaired) electrons. The van der Waals surface area contributed by atoms with Gasteiger partial charge in [-0.3, -0.25) is 0 Å². The summed E-state index contributed by atoms with van der Waals surface area (Å²) in [5.74, 6) is -0.297. The normalized spacial score (nSPS) is 14.8. The molecule has 0 amide bonds. The SMILES string of the molecule is COCC(C)(O)COCc1ccccc1F. The van der Waals surface area contributed by atoms with Crippen LogP contribution in [0.5, 0.6) is 0 Å². The van der Waals surface area contributed by atoms with Crippen LogP contribution < -0.4 is 0 Å². The molecule has 1 atom stereocenters. The van der Waals surface area contributed by atoms with E-state index in [1.807, 2.05) is 0 Å². The third kappa shape index (κ3) is 4.26. The highest BCUT2D eigenvalue weighted by molar-refractivity contribution is 5.16. The molecule has 1 aromatic carbocycles. The summed E-state index contributed by atoms with van der Waals surface area (Å²) in [6.07, 6.45) is 0. The molecule has 0 spiro atoms. The van der Waals surface area contributed by atoms with Crippen LogP contribution in [0.1, 0.15) is 12.5 Å². The average molecular weight is 228 g/mol. The van der Waals surface area contributed by atoms with E-state index in [-0.39, 0.29) is 25.6 Å². The molecule has 1 rings (SSSR count). The van der Waals surface area contributed by atoms with Crippen molar-refractivity contribution in [2.24, 2.45) is 0 Å². The van der Waals surface area contributed by atoms with Crippen molar-refractivity contribution in [2.45, 2.75) is 19.1 Å². The van der Waals surface area contributed by atoms with Crippen LogP contribution >= 0.6 is 0 Å². The molecule has 16 heavy (non-hydrogen) atoms. The molecule has 1 N–H and O–H groups in total. The van der Waals surface area contributed by atoms with E-state index < -0.39 is 5.60 Å². The van der Waals surface area contributed by atoms with Gasteiger partial charge in [-0.1, -0.05) is 18.2 Å². The van der Waals surface area contributed by atoms with Gasteiger partial charge in [0.05, 0.1) is 19.8 Å². The zero-order chi connectivity index (χ0) is 12.0. The molecule has 0 aliphatic rings. The molecule has 0 saturated heterocycles. The van der Waals surface area contributed by atoms with Crippen LogP contribution in [0.3, 0.4) is 0 Å². The first-order valence-electron chi connectivity index (χ1n) is 5.07. The Morgan fingerprint density at radius 1 is 1.31 bits per heavy atom. The molecule has 0 bridgehead atoms. The number of halogens is 1. The molecule has 4 heteroatoms. The summed E-state index contributed by atoms with van der Waals surface area (Å²) in [4.78, 5) is 0. The van der Waals surface area contributed by atoms with Crippen LogP contribution in [0.25, 0.3) is 0 Å².